The first-order valence-corrected chi connectivity index (χ1v) is 10.7. The molecule has 0 bridgehead atoms. The van der Waals surface area contributed by atoms with E-state index in [1.54, 1.807) is 4.90 Å². The highest BCUT2D eigenvalue weighted by atomic mass is 35.5. The zero-order valence-electron chi connectivity index (χ0n) is 17.6. The summed E-state index contributed by atoms with van der Waals surface area (Å²) in [5, 5.41) is 0.670. The Morgan fingerprint density at radius 1 is 0.969 bits per heavy atom. The minimum absolute atomic E-state index is 0. The number of benzene rings is 3. The molecule has 1 heterocycles. The first-order chi connectivity index (χ1) is 15.1. The lowest BCUT2D eigenvalue weighted by Gasteiger charge is -2.34. The smallest absolute Gasteiger partial charge is 0.268 e. The average molecular weight is 473 g/mol. The fourth-order valence-corrected chi connectivity index (χ4v) is 3.72. The van der Waals surface area contributed by atoms with E-state index in [9.17, 15) is 4.79 Å². The number of amides is 1. The summed E-state index contributed by atoms with van der Waals surface area (Å²) in [6.07, 6.45) is 0.696. The summed E-state index contributed by atoms with van der Waals surface area (Å²) in [5.41, 5.74) is 8.54. The minimum atomic E-state index is -0.598. The van der Waals surface area contributed by atoms with E-state index < -0.39 is 6.10 Å². The van der Waals surface area contributed by atoms with Gasteiger partial charge in [-0.05, 0) is 60.5 Å². The maximum Gasteiger partial charge on any atom is 0.268 e. The number of nitrogens with two attached hydrogens (primary N) is 1. The molecule has 1 aliphatic heterocycles. The van der Waals surface area contributed by atoms with Crippen molar-refractivity contribution in [1.29, 1.82) is 0 Å². The number of carbonyl (C=O) groups excluding carboxylic acids is 1. The summed E-state index contributed by atoms with van der Waals surface area (Å²) in [4.78, 5) is 15.0. The highest BCUT2D eigenvalue weighted by Gasteiger charge is 2.34. The molecule has 4 rings (SSSR count). The molecule has 0 fully saturated rings. The van der Waals surface area contributed by atoms with E-state index in [2.05, 4.69) is 0 Å². The fraction of sp³-hybridized carbons (Fsp3) is 0.240. The van der Waals surface area contributed by atoms with E-state index in [0.29, 0.717) is 36.9 Å². The standard InChI is InChI=1S/C25H25ClN2O3.ClH/c26-20-9-5-19(6-10-20)17-28-22-3-1-2-4-23(22)31-24(25(28)29)14-16-30-21-11-7-18(8-12-21)13-15-27;/h1-12,24H,13-17,27H2;1H. The van der Waals surface area contributed by atoms with Crippen LogP contribution in [0.1, 0.15) is 17.5 Å². The molecule has 32 heavy (non-hydrogen) atoms. The van der Waals surface area contributed by atoms with Gasteiger partial charge in [0.05, 0.1) is 18.8 Å². The van der Waals surface area contributed by atoms with Gasteiger partial charge in [0, 0.05) is 11.4 Å². The molecule has 0 saturated heterocycles. The summed E-state index contributed by atoms with van der Waals surface area (Å²) in [6.45, 7) is 1.45. The molecule has 5 nitrogen and oxygen atoms in total. The third-order valence-corrected chi connectivity index (χ3v) is 5.48. The van der Waals surface area contributed by atoms with Gasteiger partial charge in [0.2, 0.25) is 0 Å². The van der Waals surface area contributed by atoms with Crippen LogP contribution in [0.15, 0.2) is 72.8 Å². The number of fused-ring (bicyclic) bond motifs is 1. The Hall–Kier alpha value is -2.73. The molecular weight excluding hydrogens is 447 g/mol. The number of nitrogens with zero attached hydrogens (tertiary/aromatic N) is 1. The summed E-state index contributed by atoms with van der Waals surface area (Å²) < 4.78 is 11.9. The predicted molar refractivity (Wildman–Crippen MR) is 130 cm³/mol. The van der Waals surface area contributed by atoms with Crippen molar-refractivity contribution in [2.45, 2.75) is 25.5 Å². The number of rotatable bonds is 8. The van der Waals surface area contributed by atoms with Crippen molar-refractivity contribution in [3.63, 3.8) is 0 Å². The lowest BCUT2D eigenvalue weighted by atomic mass is 10.1. The zero-order valence-corrected chi connectivity index (χ0v) is 19.1. The van der Waals surface area contributed by atoms with E-state index in [4.69, 9.17) is 26.8 Å². The van der Waals surface area contributed by atoms with Crippen LogP contribution >= 0.6 is 24.0 Å². The third kappa shape index (κ3) is 5.74. The molecule has 7 heteroatoms. The van der Waals surface area contributed by atoms with Gasteiger partial charge in [-0.15, -0.1) is 12.4 Å². The van der Waals surface area contributed by atoms with E-state index in [1.807, 2.05) is 72.8 Å². The Balaban J connectivity index is 0.00000289. The largest absolute Gasteiger partial charge is 0.493 e. The average Bonchev–Trinajstić information content (AvgIpc) is 2.79. The summed E-state index contributed by atoms with van der Waals surface area (Å²) in [7, 11) is 0. The second-order valence-electron chi connectivity index (χ2n) is 7.44. The highest BCUT2D eigenvalue weighted by Crippen LogP contribution is 2.35. The Morgan fingerprint density at radius 2 is 1.66 bits per heavy atom. The van der Waals surface area contributed by atoms with Crippen LogP contribution in [-0.4, -0.2) is 25.2 Å². The van der Waals surface area contributed by atoms with Crippen molar-refractivity contribution in [2.75, 3.05) is 18.1 Å². The number of para-hydroxylation sites is 2. The van der Waals surface area contributed by atoms with Crippen LogP contribution in [0, 0.1) is 0 Å². The van der Waals surface area contributed by atoms with Crippen molar-refractivity contribution < 1.29 is 14.3 Å². The van der Waals surface area contributed by atoms with Crippen LogP contribution in [0.2, 0.25) is 5.02 Å². The Bertz CT molecular complexity index is 1030. The van der Waals surface area contributed by atoms with E-state index >= 15 is 0 Å². The van der Waals surface area contributed by atoms with Gasteiger partial charge in [-0.25, -0.2) is 0 Å². The van der Waals surface area contributed by atoms with Gasteiger partial charge in [0.25, 0.3) is 5.91 Å². The lowest BCUT2D eigenvalue weighted by molar-refractivity contribution is -0.127. The van der Waals surface area contributed by atoms with Crippen LogP contribution in [0.5, 0.6) is 11.5 Å². The topological polar surface area (TPSA) is 64.8 Å². The quantitative estimate of drug-likeness (QED) is 0.499. The maximum atomic E-state index is 13.2. The second-order valence-corrected chi connectivity index (χ2v) is 7.88. The van der Waals surface area contributed by atoms with E-state index in [0.717, 1.165) is 23.4 Å². The molecule has 1 unspecified atom stereocenters. The van der Waals surface area contributed by atoms with Crippen molar-refractivity contribution in [2.24, 2.45) is 5.73 Å². The number of anilines is 1. The van der Waals surface area contributed by atoms with Crippen molar-refractivity contribution in [3.05, 3.63) is 88.9 Å². The number of carbonyl (C=O) groups is 1. The predicted octanol–water partition coefficient (Wildman–Crippen LogP) is 5.03. The van der Waals surface area contributed by atoms with Gasteiger partial charge >= 0.3 is 0 Å². The van der Waals surface area contributed by atoms with Crippen LogP contribution in [0.3, 0.4) is 0 Å². The molecule has 0 radical (unpaired) electrons. The first kappa shape index (κ1) is 23.9. The molecule has 1 aliphatic rings. The van der Waals surface area contributed by atoms with Crippen LogP contribution in [-0.2, 0) is 17.8 Å². The minimum Gasteiger partial charge on any atom is -0.493 e. The molecular formula is C25H26Cl2N2O3. The number of hydrogen-bond acceptors (Lipinski definition) is 4. The molecule has 0 aromatic heterocycles. The van der Waals surface area contributed by atoms with Gasteiger partial charge in [0.15, 0.2) is 6.10 Å². The van der Waals surface area contributed by atoms with E-state index in [1.165, 1.54) is 5.56 Å². The molecule has 3 aromatic rings. The number of halogens is 2. The summed E-state index contributed by atoms with van der Waals surface area (Å²) in [6, 6.07) is 23.0. The van der Waals surface area contributed by atoms with Crippen LogP contribution in [0.4, 0.5) is 5.69 Å². The Labute approximate surface area is 199 Å². The van der Waals surface area contributed by atoms with Gasteiger partial charge in [-0.1, -0.05) is 48.0 Å². The van der Waals surface area contributed by atoms with Gasteiger partial charge in [-0.3, -0.25) is 4.79 Å². The molecule has 1 atom stereocenters. The molecule has 0 saturated carbocycles. The van der Waals surface area contributed by atoms with Gasteiger partial charge in [0.1, 0.15) is 11.5 Å². The first-order valence-electron chi connectivity index (χ1n) is 10.4. The van der Waals surface area contributed by atoms with Crippen molar-refractivity contribution >= 4 is 35.6 Å². The SMILES string of the molecule is Cl.NCCc1ccc(OCCC2Oc3ccccc3N(Cc3ccc(Cl)cc3)C2=O)cc1. The zero-order chi connectivity index (χ0) is 21.6. The van der Waals surface area contributed by atoms with Crippen molar-refractivity contribution in [1.82, 2.24) is 0 Å². The highest BCUT2D eigenvalue weighted by molar-refractivity contribution is 6.30. The Morgan fingerprint density at radius 3 is 2.38 bits per heavy atom. The summed E-state index contributed by atoms with van der Waals surface area (Å²) in [5.74, 6) is 1.39. The summed E-state index contributed by atoms with van der Waals surface area (Å²) >= 11 is 6.00. The second kappa shape index (κ2) is 11.2. The number of ether oxygens (including phenoxy) is 2. The Kier molecular flexibility index (Phi) is 8.39. The normalized spacial score (nSPS) is 14.9. The molecule has 1 amide bonds. The lowest BCUT2D eigenvalue weighted by Crippen LogP contribution is -2.46. The van der Waals surface area contributed by atoms with E-state index in [-0.39, 0.29) is 18.3 Å². The third-order valence-electron chi connectivity index (χ3n) is 5.23. The van der Waals surface area contributed by atoms with Gasteiger partial charge < -0.3 is 20.1 Å². The fourth-order valence-electron chi connectivity index (χ4n) is 3.60. The van der Waals surface area contributed by atoms with Crippen LogP contribution in [0.25, 0.3) is 0 Å². The molecule has 2 N–H and O–H groups in total. The van der Waals surface area contributed by atoms with Crippen molar-refractivity contribution in [3.8, 4) is 11.5 Å². The monoisotopic (exact) mass is 472 g/mol. The molecule has 0 aliphatic carbocycles. The van der Waals surface area contributed by atoms with Crippen LogP contribution < -0.4 is 20.1 Å². The number of hydrogen-bond donors (Lipinski definition) is 1. The maximum absolute atomic E-state index is 13.2. The molecule has 0 spiro atoms. The molecule has 168 valence electrons. The molecule has 3 aromatic carbocycles. The van der Waals surface area contributed by atoms with Gasteiger partial charge in [-0.2, -0.15) is 0 Å².